The highest BCUT2D eigenvalue weighted by Gasteiger charge is 2.16. The van der Waals surface area contributed by atoms with Crippen molar-refractivity contribution in [3.8, 4) is 0 Å². The first-order valence-corrected chi connectivity index (χ1v) is 7.95. The van der Waals surface area contributed by atoms with Crippen LogP contribution in [0.15, 0.2) is 46.9 Å². The molecule has 0 fully saturated rings. The Bertz CT molecular complexity index is 826. The van der Waals surface area contributed by atoms with Crippen LogP contribution in [0.3, 0.4) is 0 Å². The highest BCUT2D eigenvalue weighted by molar-refractivity contribution is 6.15. The van der Waals surface area contributed by atoms with Crippen LogP contribution in [0.5, 0.6) is 0 Å². The normalized spacial score (nSPS) is 11.0. The number of furan rings is 1. The van der Waals surface area contributed by atoms with Crippen molar-refractivity contribution < 1.29 is 13.9 Å². The van der Waals surface area contributed by atoms with E-state index in [1.165, 1.54) is 0 Å². The first kappa shape index (κ1) is 18.3. The fourth-order valence-electron chi connectivity index (χ4n) is 2.63. The van der Waals surface area contributed by atoms with Crippen LogP contribution in [0.25, 0.3) is 21.9 Å². The maximum Gasteiger partial charge on any atom is 0.338 e. The zero-order valence-corrected chi connectivity index (χ0v) is 14.7. The number of fused-ring (bicyclic) bond motifs is 3. The summed E-state index contributed by atoms with van der Waals surface area (Å²) in [7, 11) is 0. The van der Waals surface area contributed by atoms with E-state index >= 15 is 0 Å². The van der Waals surface area contributed by atoms with E-state index in [0.29, 0.717) is 30.2 Å². The number of para-hydroxylation sites is 1. The number of benzene rings is 2. The lowest BCUT2D eigenvalue weighted by Crippen LogP contribution is -2.25. The number of carbonyl (C=O) groups excluding carboxylic acids is 1. The molecule has 128 valence electrons. The number of nitrogens with one attached hydrogen (secondary N) is 1. The molecule has 3 aromatic rings. The van der Waals surface area contributed by atoms with Gasteiger partial charge in [-0.15, -0.1) is 12.4 Å². The number of hydrogen-bond donors (Lipinski definition) is 1. The maximum absolute atomic E-state index is 12.4. The Balaban J connectivity index is 0.00000208. The predicted octanol–water partition coefficient (Wildman–Crippen LogP) is 4.41. The van der Waals surface area contributed by atoms with Gasteiger partial charge in [-0.05, 0) is 30.7 Å². The first-order valence-electron chi connectivity index (χ1n) is 7.95. The minimum absolute atomic E-state index is 0. The quantitative estimate of drug-likeness (QED) is 0.530. The van der Waals surface area contributed by atoms with Crippen LogP contribution in [0.2, 0.25) is 0 Å². The van der Waals surface area contributed by atoms with Gasteiger partial charge in [0.05, 0.1) is 5.56 Å². The van der Waals surface area contributed by atoms with E-state index in [1.54, 1.807) is 6.07 Å². The van der Waals surface area contributed by atoms with Gasteiger partial charge in [0.15, 0.2) is 0 Å². The lowest BCUT2D eigenvalue weighted by molar-refractivity contribution is 0.0510. The zero-order chi connectivity index (χ0) is 16.2. The van der Waals surface area contributed by atoms with Crippen LogP contribution < -0.4 is 5.32 Å². The molecule has 0 aliphatic carbocycles. The van der Waals surface area contributed by atoms with Crippen LogP contribution in [0.4, 0.5) is 0 Å². The average molecular weight is 348 g/mol. The monoisotopic (exact) mass is 347 g/mol. The summed E-state index contributed by atoms with van der Waals surface area (Å²) < 4.78 is 11.2. The Morgan fingerprint density at radius 2 is 1.88 bits per heavy atom. The summed E-state index contributed by atoms with van der Waals surface area (Å²) in [6.45, 7) is 6.22. The molecular formula is C19H22ClNO3. The van der Waals surface area contributed by atoms with Crippen molar-refractivity contribution in [2.75, 3.05) is 19.7 Å². The molecule has 0 aliphatic rings. The van der Waals surface area contributed by atoms with E-state index < -0.39 is 0 Å². The molecule has 0 radical (unpaired) electrons. The Kier molecular flexibility index (Phi) is 6.23. The van der Waals surface area contributed by atoms with Crippen LogP contribution in [-0.2, 0) is 4.74 Å². The van der Waals surface area contributed by atoms with Crippen LogP contribution >= 0.6 is 12.4 Å². The first-order chi connectivity index (χ1) is 11.2. The van der Waals surface area contributed by atoms with Crippen molar-refractivity contribution in [3.63, 3.8) is 0 Å². The van der Waals surface area contributed by atoms with Gasteiger partial charge in [-0.1, -0.05) is 38.1 Å². The molecule has 0 bridgehead atoms. The van der Waals surface area contributed by atoms with Gasteiger partial charge < -0.3 is 14.5 Å². The van der Waals surface area contributed by atoms with Gasteiger partial charge in [-0.3, -0.25) is 0 Å². The van der Waals surface area contributed by atoms with E-state index in [0.717, 1.165) is 22.9 Å². The predicted molar refractivity (Wildman–Crippen MR) is 99.0 cm³/mol. The minimum Gasteiger partial charge on any atom is -0.461 e. The average Bonchev–Trinajstić information content (AvgIpc) is 2.92. The summed E-state index contributed by atoms with van der Waals surface area (Å²) in [5, 5.41) is 5.02. The third-order valence-electron chi connectivity index (χ3n) is 3.69. The summed E-state index contributed by atoms with van der Waals surface area (Å²) in [6.07, 6.45) is 0. The number of carbonyl (C=O) groups is 1. The highest BCUT2D eigenvalue weighted by Crippen LogP contribution is 2.31. The molecule has 0 spiro atoms. The summed E-state index contributed by atoms with van der Waals surface area (Å²) in [5.74, 6) is 0.269. The van der Waals surface area contributed by atoms with Crippen molar-refractivity contribution in [3.05, 3.63) is 48.0 Å². The fraction of sp³-hybridized carbons (Fsp3) is 0.316. The molecule has 24 heavy (non-hydrogen) atoms. The van der Waals surface area contributed by atoms with E-state index in [2.05, 4.69) is 19.2 Å². The smallest absolute Gasteiger partial charge is 0.338 e. The standard InChI is InChI=1S/C19H21NO3.ClH/c1-13(2)12-20-10-11-22-19(21)15-7-5-9-17-18(15)14-6-3-4-8-16(14)23-17;/h3-9,13,20H,10-12H2,1-2H3;1H. The molecule has 0 saturated heterocycles. The van der Waals surface area contributed by atoms with Gasteiger partial charge in [0, 0.05) is 17.3 Å². The highest BCUT2D eigenvalue weighted by atomic mass is 35.5. The van der Waals surface area contributed by atoms with Crippen molar-refractivity contribution >= 4 is 40.3 Å². The number of halogens is 1. The van der Waals surface area contributed by atoms with Gasteiger partial charge in [-0.2, -0.15) is 0 Å². The number of rotatable bonds is 6. The lowest BCUT2D eigenvalue weighted by Gasteiger charge is -2.08. The third kappa shape index (κ3) is 3.89. The van der Waals surface area contributed by atoms with Crippen molar-refractivity contribution in [1.82, 2.24) is 5.32 Å². The van der Waals surface area contributed by atoms with Gasteiger partial charge in [0.1, 0.15) is 17.8 Å². The van der Waals surface area contributed by atoms with E-state index in [9.17, 15) is 4.79 Å². The molecule has 3 rings (SSSR count). The number of esters is 1. The molecule has 1 aromatic heterocycles. The molecule has 0 atom stereocenters. The van der Waals surface area contributed by atoms with E-state index in [-0.39, 0.29) is 18.4 Å². The molecule has 0 amide bonds. The van der Waals surface area contributed by atoms with Crippen molar-refractivity contribution in [2.45, 2.75) is 13.8 Å². The molecule has 1 heterocycles. The van der Waals surface area contributed by atoms with E-state index in [1.807, 2.05) is 36.4 Å². The molecule has 0 unspecified atom stereocenters. The molecule has 0 aliphatic heterocycles. The SMILES string of the molecule is CC(C)CNCCOC(=O)c1cccc2oc3ccccc3c12.Cl. The topological polar surface area (TPSA) is 51.5 Å². The summed E-state index contributed by atoms with van der Waals surface area (Å²) in [6, 6.07) is 13.2. The lowest BCUT2D eigenvalue weighted by atomic mass is 10.1. The molecule has 5 heteroatoms. The van der Waals surface area contributed by atoms with Crippen LogP contribution in [0, 0.1) is 5.92 Å². The molecule has 1 N–H and O–H groups in total. The molecule has 0 saturated carbocycles. The van der Waals surface area contributed by atoms with Crippen LogP contribution in [-0.4, -0.2) is 25.7 Å². The second kappa shape index (κ2) is 8.18. The van der Waals surface area contributed by atoms with Gasteiger partial charge >= 0.3 is 5.97 Å². The number of hydrogen-bond acceptors (Lipinski definition) is 4. The van der Waals surface area contributed by atoms with Gasteiger partial charge in [-0.25, -0.2) is 4.79 Å². The molecule has 2 aromatic carbocycles. The summed E-state index contributed by atoms with van der Waals surface area (Å²) in [4.78, 5) is 12.4. The Morgan fingerprint density at radius 1 is 1.12 bits per heavy atom. The van der Waals surface area contributed by atoms with Crippen molar-refractivity contribution in [2.24, 2.45) is 5.92 Å². The zero-order valence-electron chi connectivity index (χ0n) is 13.9. The second-order valence-corrected chi connectivity index (χ2v) is 6.01. The van der Waals surface area contributed by atoms with Gasteiger partial charge in [0.2, 0.25) is 0 Å². The van der Waals surface area contributed by atoms with Gasteiger partial charge in [0.25, 0.3) is 0 Å². The summed E-state index contributed by atoms with van der Waals surface area (Å²) in [5.41, 5.74) is 2.04. The third-order valence-corrected chi connectivity index (χ3v) is 3.69. The fourth-order valence-corrected chi connectivity index (χ4v) is 2.63. The largest absolute Gasteiger partial charge is 0.461 e. The number of ether oxygens (including phenoxy) is 1. The Hall–Kier alpha value is -2.04. The molecule has 4 nitrogen and oxygen atoms in total. The van der Waals surface area contributed by atoms with Crippen molar-refractivity contribution in [1.29, 1.82) is 0 Å². The maximum atomic E-state index is 12.4. The van der Waals surface area contributed by atoms with E-state index in [4.69, 9.17) is 9.15 Å². The molecular weight excluding hydrogens is 326 g/mol. The summed E-state index contributed by atoms with van der Waals surface area (Å²) >= 11 is 0. The Morgan fingerprint density at radius 3 is 2.67 bits per heavy atom. The second-order valence-electron chi connectivity index (χ2n) is 6.01. The van der Waals surface area contributed by atoms with Crippen LogP contribution in [0.1, 0.15) is 24.2 Å². The Labute approximate surface area is 147 Å². The minimum atomic E-state index is -0.312.